The van der Waals surface area contributed by atoms with E-state index in [0.717, 1.165) is 5.56 Å². The standard InChI is InChI=1S/C21H26N2O4/c1-13(2)15-6-8-16(9-7-15)20(14(3)4)22-21(24)17-10-11-19(27-5)18(12-17)23(25)26/h6-14,20H,1-5H3,(H,22,24)/t20-/m0/s1. The first-order valence-electron chi connectivity index (χ1n) is 8.97. The first-order valence-corrected chi connectivity index (χ1v) is 8.97. The molecule has 0 aromatic heterocycles. The summed E-state index contributed by atoms with van der Waals surface area (Å²) in [6.45, 7) is 8.32. The zero-order chi connectivity index (χ0) is 20.1. The number of benzene rings is 2. The lowest BCUT2D eigenvalue weighted by Gasteiger charge is -2.23. The molecule has 1 atom stereocenters. The molecule has 0 bridgehead atoms. The Kier molecular flexibility index (Phi) is 6.55. The van der Waals surface area contributed by atoms with Gasteiger partial charge in [0, 0.05) is 11.6 Å². The van der Waals surface area contributed by atoms with Gasteiger partial charge in [-0.05, 0) is 35.1 Å². The van der Waals surface area contributed by atoms with Crippen LogP contribution in [0, 0.1) is 16.0 Å². The molecule has 0 heterocycles. The molecule has 2 aromatic carbocycles. The van der Waals surface area contributed by atoms with E-state index < -0.39 is 4.92 Å². The number of ether oxygens (including phenoxy) is 1. The first kappa shape index (κ1) is 20.4. The number of nitro benzene ring substituents is 1. The second kappa shape index (κ2) is 8.66. The molecular formula is C21H26N2O4. The topological polar surface area (TPSA) is 81.5 Å². The van der Waals surface area contributed by atoms with Gasteiger partial charge in [0.05, 0.1) is 18.1 Å². The molecule has 0 saturated carbocycles. The minimum absolute atomic E-state index is 0.126. The van der Waals surface area contributed by atoms with E-state index >= 15 is 0 Å². The number of hydrogen-bond donors (Lipinski definition) is 1. The van der Waals surface area contributed by atoms with Crippen molar-refractivity contribution >= 4 is 11.6 Å². The van der Waals surface area contributed by atoms with E-state index in [1.807, 2.05) is 26.0 Å². The highest BCUT2D eigenvalue weighted by atomic mass is 16.6. The van der Waals surface area contributed by atoms with Crippen molar-refractivity contribution in [1.29, 1.82) is 0 Å². The summed E-state index contributed by atoms with van der Waals surface area (Å²) < 4.78 is 4.99. The van der Waals surface area contributed by atoms with Gasteiger partial charge in [-0.25, -0.2) is 0 Å². The highest BCUT2D eigenvalue weighted by molar-refractivity contribution is 5.95. The van der Waals surface area contributed by atoms with Gasteiger partial charge >= 0.3 is 5.69 Å². The maximum atomic E-state index is 12.7. The van der Waals surface area contributed by atoms with Crippen molar-refractivity contribution < 1.29 is 14.5 Å². The summed E-state index contributed by atoms with van der Waals surface area (Å²) in [5.74, 6) is 0.367. The molecule has 0 spiro atoms. The van der Waals surface area contributed by atoms with E-state index in [-0.39, 0.29) is 34.9 Å². The fourth-order valence-corrected chi connectivity index (χ4v) is 2.92. The highest BCUT2D eigenvalue weighted by Gasteiger charge is 2.22. The number of hydrogen-bond acceptors (Lipinski definition) is 4. The van der Waals surface area contributed by atoms with Crippen LogP contribution in [-0.2, 0) is 0 Å². The van der Waals surface area contributed by atoms with Gasteiger partial charge < -0.3 is 10.1 Å². The van der Waals surface area contributed by atoms with E-state index in [0.29, 0.717) is 5.92 Å². The normalized spacial score (nSPS) is 12.1. The van der Waals surface area contributed by atoms with Crippen LogP contribution in [0.2, 0.25) is 0 Å². The van der Waals surface area contributed by atoms with Crippen LogP contribution in [0.3, 0.4) is 0 Å². The molecule has 144 valence electrons. The molecule has 2 aromatic rings. The average molecular weight is 370 g/mol. The third-order valence-corrected chi connectivity index (χ3v) is 4.55. The first-order chi connectivity index (χ1) is 12.7. The molecule has 0 radical (unpaired) electrons. The molecule has 1 amide bonds. The van der Waals surface area contributed by atoms with Gasteiger partial charge in [0.1, 0.15) is 0 Å². The fraction of sp³-hybridized carbons (Fsp3) is 0.381. The Balaban J connectivity index is 2.27. The molecule has 0 unspecified atom stereocenters. The summed E-state index contributed by atoms with van der Waals surface area (Å²) >= 11 is 0. The molecule has 0 fully saturated rings. The second-order valence-corrected chi connectivity index (χ2v) is 7.16. The number of carbonyl (C=O) groups excluding carboxylic acids is 1. The van der Waals surface area contributed by atoms with Gasteiger partial charge in [-0.2, -0.15) is 0 Å². The van der Waals surface area contributed by atoms with E-state index in [4.69, 9.17) is 4.74 Å². The molecule has 0 aliphatic heterocycles. The van der Waals surface area contributed by atoms with Crippen LogP contribution in [0.15, 0.2) is 42.5 Å². The van der Waals surface area contributed by atoms with Crippen LogP contribution in [0.5, 0.6) is 5.75 Å². The highest BCUT2D eigenvalue weighted by Crippen LogP contribution is 2.29. The van der Waals surface area contributed by atoms with E-state index in [2.05, 4.69) is 31.3 Å². The summed E-state index contributed by atoms with van der Waals surface area (Å²) in [6, 6.07) is 12.2. The number of carbonyl (C=O) groups is 1. The monoisotopic (exact) mass is 370 g/mol. The molecule has 1 N–H and O–H groups in total. The Bertz CT molecular complexity index is 813. The van der Waals surface area contributed by atoms with Crippen LogP contribution >= 0.6 is 0 Å². The average Bonchev–Trinajstić information content (AvgIpc) is 2.65. The summed E-state index contributed by atoms with van der Waals surface area (Å²) in [5, 5.41) is 14.2. The quantitative estimate of drug-likeness (QED) is 0.558. The lowest BCUT2D eigenvalue weighted by molar-refractivity contribution is -0.385. The van der Waals surface area contributed by atoms with Crippen molar-refractivity contribution in [3.63, 3.8) is 0 Å². The van der Waals surface area contributed by atoms with Crippen molar-refractivity contribution in [1.82, 2.24) is 5.32 Å². The number of nitrogens with one attached hydrogen (secondary N) is 1. The number of methoxy groups -OCH3 is 1. The van der Waals surface area contributed by atoms with Gasteiger partial charge in [0.2, 0.25) is 0 Å². The van der Waals surface area contributed by atoms with Gasteiger partial charge in [-0.15, -0.1) is 0 Å². The van der Waals surface area contributed by atoms with Crippen LogP contribution in [-0.4, -0.2) is 17.9 Å². The largest absolute Gasteiger partial charge is 0.490 e. The van der Waals surface area contributed by atoms with Crippen molar-refractivity contribution in [3.8, 4) is 5.75 Å². The van der Waals surface area contributed by atoms with E-state index in [9.17, 15) is 14.9 Å². The SMILES string of the molecule is COc1ccc(C(=O)N[C@H](c2ccc(C(C)C)cc2)C(C)C)cc1[N+](=O)[O-]. The molecule has 0 aliphatic carbocycles. The Morgan fingerprint density at radius 1 is 1.04 bits per heavy atom. The predicted octanol–water partition coefficient (Wildman–Crippen LogP) is 4.85. The third kappa shape index (κ3) is 4.84. The minimum Gasteiger partial charge on any atom is -0.490 e. The van der Waals surface area contributed by atoms with E-state index in [1.165, 1.54) is 30.9 Å². The smallest absolute Gasteiger partial charge is 0.311 e. The fourth-order valence-electron chi connectivity index (χ4n) is 2.92. The third-order valence-electron chi connectivity index (χ3n) is 4.55. The minimum atomic E-state index is -0.555. The Hall–Kier alpha value is -2.89. The summed E-state index contributed by atoms with van der Waals surface area (Å²) in [5.41, 5.74) is 2.24. The number of nitrogens with zero attached hydrogens (tertiary/aromatic N) is 1. The molecule has 2 rings (SSSR count). The summed E-state index contributed by atoms with van der Waals surface area (Å²) in [7, 11) is 1.36. The van der Waals surface area contributed by atoms with Gasteiger partial charge in [0.15, 0.2) is 5.75 Å². The van der Waals surface area contributed by atoms with Crippen molar-refractivity contribution in [3.05, 3.63) is 69.3 Å². The summed E-state index contributed by atoms with van der Waals surface area (Å²) in [6.07, 6.45) is 0. The molecule has 27 heavy (non-hydrogen) atoms. The van der Waals surface area contributed by atoms with Crippen LogP contribution in [0.4, 0.5) is 5.69 Å². The number of amides is 1. The number of nitro groups is 1. The Morgan fingerprint density at radius 2 is 1.63 bits per heavy atom. The molecule has 6 heteroatoms. The van der Waals surface area contributed by atoms with Crippen molar-refractivity contribution in [2.45, 2.75) is 39.7 Å². The molecule has 6 nitrogen and oxygen atoms in total. The molecule has 0 saturated heterocycles. The molecular weight excluding hydrogens is 344 g/mol. The molecule has 0 aliphatic rings. The number of rotatable bonds is 7. The Morgan fingerprint density at radius 3 is 2.11 bits per heavy atom. The zero-order valence-corrected chi connectivity index (χ0v) is 16.4. The van der Waals surface area contributed by atoms with Crippen LogP contribution in [0.25, 0.3) is 0 Å². The maximum absolute atomic E-state index is 12.7. The van der Waals surface area contributed by atoms with Crippen molar-refractivity contribution in [2.75, 3.05) is 7.11 Å². The predicted molar refractivity (Wildman–Crippen MR) is 105 cm³/mol. The van der Waals surface area contributed by atoms with Gasteiger partial charge in [0.25, 0.3) is 5.91 Å². The van der Waals surface area contributed by atoms with E-state index in [1.54, 1.807) is 0 Å². The van der Waals surface area contributed by atoms with Crippen LogP contribution < -0.4 is 10.1 Å². The second-order valence-electron chi connectivity index (χ2n) is 7.16. The lowest BCUT2D eigenvalue weighted by atomic mass is 9.93. The van der Waals surface area contributed by atoms with Crippen LogP contribution in [0.1, 0.15) is 61.1 Å². The maximum Gasteiger partial charge on any atom is 0.311 e. The Labute approximate surface area is 159 Å². The van der Waals surface area contributed by atoms with Gasteiger partial charge in [-0.3, -0.25) is 14.9 Å². The lowest BCUT2D eigenvalue weighted by Crippen LogP contribution is -2.31. The summed E-state index contributed by atoms with van der Waals surface area (Å²) in [4.78, 5) is 23.3. The van der Waals surface area contributed by atoms with Crippen molar-refractivity contribution in [2.24, 2.45) is 5.92 Å². The zero-order valence-electron chi connectivity index (χ0n) is 16.4. The van der Waals surface area contributed by atoms with Gasteiger partial charge in [-0.1, -0.05) is 52.0 Å².